The number of piperidine rings is 1. The number of hydrogen-bond donors (Lipinski definition) is 2. The van der Waals surface area contributed by atoms with Crippen molar-refractivity contribution < 1.29 is 4.79 Å². The lowest BCUT2D eigenvalue weighted by molar-refractivity contribution is 0.0997. The molecule has 4 heteroatoms. The van der Waals surface area contributed by atoms with Gasteiger partial charge in [-0.1, -0.05) is 32.0 Å². The van der Waals surface area contributed by atoms with Gasteiger partial charge in [0.25, 0.3) is 0 Å². The van der Waals surface area contributed by atoms with Crippen molar-refractivity contribution in [2.45, 2.75) is 39.3 Å². The molecule has 0 radical (unpaired) electrons. The van der Waals surface area contributed by atoms with E-state index in [4.69, 9.17) is 5.73 Å². The quantitative estimate of drug-likeness (QED) is 0.842. The first-order valence-corrected chi connectivity index (χ1v) is 7.89. The van der Waals surface area contributed by atoms with E-state index in [1.807, 2.05) is 24.3 Å². The largest absolute Gasteiger partial charge is 0.366 e. The number of primary amides is 1. The summed E-state index contributed by atoms with van der Waals surface area (Å²) in [5.41, 5.74) is 7.16. The number of nitrogens with two attached hydrogens (primary N) is 1. The molecule has 1 aliphatic rings. The van der Waals surface area contributed by atoms with Gasteiger partial charge in [-0.2, -0.15) is 0 Å². The second-order valence-corrected chi connectivity index (χ2v) is 6.33. The Morgan fingerprint density at radius 3 is 2.90 bits per heavy atom. The van der Waals surface area contributed by atoms with Gasteiger partial charge in [0.15, 0.2) is 0 Å². The van der Waals surface area contributed by atoms with Crippen LogP contribution >= 0.6 is 0 Å². The zero-order valence-electron chi connectivity index (χ0n) is 13.1. The maximum atomic E-state index is 11.5. The number of nitrogens with zero attached hydrogens (tertiary/aromatic N) is 1. The molecular weight excluding hydrogens is 262 g/mol. The predicted octanol–water partition coefficient (Wildman–Crippen LogP) is 2.00. The Bertz CT molecular complexity index is 473. The van der Waals surface area contributed by atoms with E-state index in [0.717, 1.165) is 31.7 Å². The van der Waals surface area contributed by atoms with Gasteiger partial charge in [-0.3, -0.25) is 9.69 Å². The minimum Gasteiger partial charge on any atom is -0.366 e. The van der Waals surface area contributed by atoms with Crippen LogP contribution in [0.3, 0.4) is 0 Å². The van der Waals surface area contributed by atoms with Crippen LogP contribution in [-0.4, -0.2) is 36.5 Å². The highest BCUT2D eigenvalue weighted by Gasteiger charge is 2.21. The van der Waals surface area contributed by atoms with Gasteiger partial charge < -0.3 is 11.1 Å². The first-order chi connectivity index (χ1) is 10.1. The fourth-order valence-electron chi connectivity index (χ4n) is 3.00. The minimum atomic E-state index is -0.333. The van der Waals surface area contributed by atoms with Crippen molar-refractivity contribution in [1.29, 1.82) is 0 Å². The second kappa shape index (κ2) is 7.57. The number of carbonyl (C=O) groups is 1. The lowest BCUT2D eigenvalue weighted by Crippen LogP contribution is -2.40. The Kier molecular flexibility index (Phi) is 5.76. The molecule has 1 aromatic rings. The smallest absolute Gasteiger partial charge is 0.249 e. The van der Waals surface area contributed by atoms with Gasteiger partial charge in [0.1, 0.15) is 0 Å². The van der Waals surface area contributed by atoms with Gasteiger partial charge in [0, 0.05) is 24.7 Å². The Labute approximate surface area is 127 Å². The Morgan fingerprint density at radius 2 is 2.19 bits per heavy atom. The molecule has 2 rings (SSSR count). The molecule has 4 nitrogen and oxygen atoms in total. The SMILES string of the molecule is CC(C)NCC1CCCN(Cc2ccccc2C(N)=O)C1. The van der Waals surface area contributed by atoms with Crippen LogP contribution in [0.1, 0.15) is 42.6 Å². The van der Waals surface area contributed by atoms with Gasteiger partial charge in [0.2, 0.25) is 5.91 Å². The lowest BCUT2D eigenvalue weighted by atomic mass is 9.96. The average molecular weight is 289 g/mol. The molecule has 0 bridgehead atoms. The van der Waals surface area contributed by atoms with E-state index in [2.05, 4.69) is 24.1 Å². The molecule has 1 unspecified atom stereocenters. The van der Waals surface area contributed by atoms with E-state index in [1.165, 1.54) is 12.8 Å². The summed E-state index contributed by atoms with van der Waals surface area (Å²) in [7, 11) is 0. The molecular formula is C17H27N3O. The normalized spacial score (nSPS) is 19.9. The van der Waals surface area contributed by atoms with E-state index >= 15 is 0 Å². The summed E-state index contributed by atoms with van der Waals surface area (Å²) in [4.78, 5) is 13.9. The molecule has 0 aromatic heterocycles. The molecule has 116 valence electrons. The molecule has 3 N–H and O–H groups in total. The van der Waals surface area contributed by atoms with Crippen LogP contribution in [0.5, 0.6) is 0 Å². The van der Waals surface area contributed by atoms with E-state index < -0.39 is 0 Å². The van der Waals surface area contributed by atoms with Crippen LogP contribution in [0.15, 0.2) is 24.3 Å². The Balaban J connectivity index is 1.95. The third-order valence-electron chi connectivity index (χ3n) is 4.09. The number of likely N-dealkylation sites (tertiary alicyclic amines) is 1. The van der Waals surface area contributed by atoms with Crippen molar-refractivity contribution in [2.24, 2.45) is 11.7 Å². The first kappa shape index (κ1) is 16.0. The molecule has 1 atom stereocenters. The third-order valence-corrected chi connectivity index (χ3v) is 4.09. The molecule has 21 heavy (non-hydrogen) atoms. The minimum absolute atomic E-state index is 0.333. The van der Waals surface area contributed by atoms with Crippen LogP contribution in [-0.2, 0) is 6.54 Å². The molecule has 1 saturated heterocycles. The standard InChI is InChI=1S/C17H27N3O/c1-13(2)19-10-14-6-5-9-20(11-14)12-15-7-3-4-8-16(15)17(18)21/h3-4,7-8,13-14,19H,5-6,9-12H2,1-2H3,(H2,18,21). The maximum Gasteiger partial charge on any atom is 0.249 e. The highest BCUT2D eigenvalue weighted by Crippen LogP contribution is 2.19. The highest BCUT2D eigenvalue weighted by molar-refractivity contribution is 5.94. The number of nitrogens with one attached hydrogen (secondary N) is 1. The average Bonchev–Trinajstić information content (AvgIpc) is 2.46. The summed E-state index contributed by atoms with van der Waals surface area (Å²) < 4.78 is 0. The molecule has 1 amide bonds. The Morgan fingerprint density at radius 1 is 1.43 bits per heavy atom. The number of hydrogen-bond acceptors (Lipinski definition) is 3. The summed E-state index contributed by atoms with van der Waals surface area (Å²) in [6.45, 7) is 8.45. The van der Waals surface area contributed by atoms with Crippen molar-refractivity contribution in [1.82, 2.24) is 10.2 Å². The van der Waals surface area contributed by atoms with Gasteiger partial charge in [-0.05, 0) is 43.5 Å². The van der Waals surface area contributed by atoms with Gasteiger partial charge in [-0.15, -0.1) is 0 Å². The molecule has 0 saturated carbocycles. The van der Waals surface area contributed by atoms with Gasteiger partial charge >= 0.3 is 0 Å². The zero-order valence-corrected chi connectivity index (χ0v) is 13.1. The predicted molar refractivity (Wildman–Crippen MR) is 86.1 cm³/mol. The van der Waals surface area contributed by atoms with Crippen LogP contribution < -0.4 is 11.1 Å². The second-order valence-electron chi connectivity index (χ2n) is 6.33. The van der Waals surface area contributed by atoms with Crippen molar-refractivity contribution in [3.8, 4) is 0 Å². The molecule has 1 heterocycles. The lowest BCUT2D eigenvalue weighted by Gasteiger charge is -2.33. The fraction of sp³-hybridized carbons (Fsp3) is 0.588. The van der Waals surface area contributed by atoms with Gasteiger partial charge in [0.05, 0.1) is 0 Å². The van der Waals surface area contributed by atoms with Crippen molar-refractivity contribution in [3.05, 3.63) is 35.4 Å². The number of benzene rings is 1. The fourth-order valence-corrected chi connectivity index (χ4v) is 3.00. The summed E-state index contributed by atoms with van der Waals surface area (Å²) in [6.07, 6.45) is 2.51. The monoisotopic (exact) mass is 289 g/mol. The summed E-state index contributed by atoms with van der Waals surface area (Å²) in [5, 5.41) is 3.53. The number of amides is 1. The van der Waals surface area contributed by atoms with E-state index in [0.29, 0.717) is 17.5 Å². The van der Waals surface area contributed by atoms with Crippen molar-refractivity contribution in [3.63, 3.8) is 0 Å². The molecule has 1 aliphatic heterocycles. The maximum absolute atomic E-state index is 11.5. The molecule has 1 aromatic carbocycles. The summed E-state index contributed by atoms with van der Waals surface area (Å²) in [6, 6.07) is 8.21. The molecule has 1 fully saturated rings. The van der Waals surface area contributed by atoms with Crippen molar-refractivity contribution in [2.75, 3.05) is 19.6 Å². The topological polar surface area (TPSA) is 58.4 Å². The summed E-state index contributed by atoms with van der Waals surface area (Å²) >= 11 is 0. The Hall–Kier alpha value is -1.39. The van der Waals surface area contributed by atoms with E-state index in [1.54, 1.807) is 0 Å². The molecule has 0 spiro atoms. The number of rotatable bonds is 6. The van der Waals surface area contributed by atoms with Crippen molar-refractivity contribution >= 4 is 5.91 Å². The van der Waals surface area contributed by atoms with E-state index in [-0.39, 0.29) is 5.91 Å². The van der Waals surface area contributed by atoms with Crippen LogP contribution in [0, 0.1) is 5.92 Å². The van der Waals surface area contributed by atoms with Crippen LogP contribution in [0.25, 0.3) is 0 Å². The van der Waals surface area contributed by atoms with Crippen LogP contribution in [0.4, 0.5) is 0 Å². The third kappa shape index (κ3) is 4.83. The molecule has 0 aliphatic carbocycles. The van der Waals surface area contributed by atoms with Gasteiger partial charge in [-0.25, -0.2) is 0 Å². The summed E-state index contributed by atoms with van der Waals surface area (Å²) in [5.74, 6) is 0.363. The van der Waals surface area contributed by atoms with Crippen LogP contribution in [0.2, 0.25) is 0 Å². The first-order valence-electron chi connectivity index (χ1n) is 7.89. The number of carbonyl (C=O) groups excluding carboxylic acids is 1. The highest BCUT2D eigenvalue weighted by atomic mass is 16.1. The zero-order chi connectivity index (χ0) is 15.2. The van der Waals surface area contributed by atoms with E-state index in [9.17, 15) is 4.79 Å².